The predicted molar refractivity (Wildman–Crippen MR) is 110 cm³/mol. The fourth-order valence-electron chi connectivity index (χ4n) is 2.60. The number of likely N-dealkylation sites (N-methyl/N-ethyl adjacent to an activating group) is 1. The molecule has 28 heavy (non-hydrogen) atoms. The van der Waals surface area contributed by atoms with Gasteiger partial charge in [-0.25, -0.2) is 18.1 Å². The van der Waals surface area contributed by atoms with E-state index in [0.29, 0.717) is 10.8 Å². The highest BCUT2D eigenvalue weighted by Gasteiger charge is 2.23. The minimum Gasteiger partial charge on any atom is -0.291 e. The lowest BCUT2D eigenvalue weighted by atomic mass is 10.0. The summed E-state index contributed by atoms with van der Waals surface area (Å²) in [5.74, 6) is -0.170. The van der Waals surface area contributed by atoms with Crippen LogP contribution in [0.3, 0.4) is 0 Å². The molecular weight excluding hydrogens is 396 g/mol. The van der Waals surface area contributed by atoms with Crippen LogP contribution in [0.1, 0.15) is 11.3 Å². The number of hydrogen-bond donors (Lipinski definition) is 1. The van der Waals surface area contributed by atoms with Gasteiger partial charge >= 0.3 is 0 Å². The summed E-state index contributed by atoms with van der Waals surface area (Å²) < 4.78 is 26.4. The molecule has 2 aromatic heterocycles. The lowest BCUT2D eigenvalue weighted by Gasteiger charge is -2.14. The molecule has 7 nitrogen and oxygen atoms in total. The Kier molecular flexibility index (Phi) is 5.87. The van der Waals surface area contributed by atoms with Gasteiger partial charge in [-0.1, -0.05) is 41.7 Å². The molecule has 0 spiro atoms. The Hall–Kier alpha value is -2.62. The van der Waals surface area contributed by atoms with Crippen molar-refractivity contribution in [1.29, 1.82) is 0 Å². The van der Waals surface area contributed by atoms with Crippen LogP contribution in [0.25, 0.3) is 11.1 Å². The van der Waals surface area contributed by atoms with Gasteiger partial charge in [-0.2, -0.15) is 0 Å². The predicted octanol–water partition coefficient (Wildman–Crippen LogP) is 2.63. The zero-order valence-corrected chi connectivity index (χ0v) is 17.3. The van der Waals surface area contributed by atoms with Gasteiger partial charge < -0.3 is 0 Å². The topological polar surface area (TPSA) is 92.3 Å². The van der Waals surface area contributed by atoms with Gasteiger partial charge in [0, 0.05) is 19.4 Å². The first kappa shape index (κ1) is 20.1. The van der Waals surface area contributed by atoms with Crippen LogP contribution in [-0.4, -0.2) is 38.4 Å². The average Bonchev–Trinajstić information content (AvgIpc) is 3.11. The molecule has 1 amide bonds. The van der Waals surface area contributed by atoms with E-state index in [1.807, 2.05) is 36.4 Å². The Balaban J connectivity index is 1.74. The summed E-state index contributed by atoms with van der Waals surface area (Å²) in [5.41, 5.74) is 3.26. The summed E-state index contributed by atoms with van der Waals surface area (Å²) >= 11 is 0.974. The highest BCUT2D eigenvalue weighted by atomic mass is 32.2. The van der Waals surface area contributed by atoms with Crippen molar-refractivity contribution in [2.24, 2.45) is 0 Å². The maximum Gasteiger partial charge on any atom is 0.251 e. The number of carbonyl (C=O) groups is 1. The van der Waals surface area contributed by atoms with Crippen molar-refractivity contribution in [3.05, 3.63) is 60.0 Å². The minimum absolute atomic E-state index is 0.116. The normalized spacial score (nSPS) is 11.4. The third kappa shape index (κ3) is 4.27. The van der Waals surface area contributed by atoms with Gasteiger partial charge in [0.15, 0.2) is 9.34 Å². The van der Waals surface area contributed by atoms with E-state index < -0.39 is 10.0 Å². The molecule has 0 saturated carbocycles. The van der Waals surface area contributed by atoms with Crippen molar-refractivity contribution >= 4 is 32.4 Å². The Morgan fingerprint density at radius 2 is 1.89 bits per heavy atom. The second-order valence-corrected chi connectivity index (χ2v) is 9.20. The molecule has 0 radical (unpaired) electrons. The standard InChI is InChI=1S/C19H20N4O3S2/c1-13-18(28(25,26)20-2)27-19(22-13)23(3)17(24)11-14-6-8-15(9-7-14)16-5-4-10-21-12-16/h4-10,12,20H,11H2,1-3H3. The number of hydrogen-bond acceptors (Lipinski definition) is 6. The van der Waals surface area contributed by atoms with Gasteiger partial charge in [-0.3, -0.25) is 14.7 Å². The van der Waals surface area contributed by atoms with Crippen LogP contribution < -0.4 is 9.62 Å². The molecule has 1 aromatic carbocycles. The number of nitrogens with one attached hydrogen (secondary N) is 1. The van der Waals surface area contributed by atoms with Crippen LogP contribution in [0.4, 0.5) is 5.13 Å². The molecule has 0 aliphatic carbocycles. The van der Waals surface area contributed by atoms with E-state index >= 15 is 0 Å². The number of benzene rings is 1. The van der Waals surface area contributed by atoms with Crippen molar-refractivity contribution in [3.8, 4) is 11.1 Å². The number of rotatable bonds is 6. The number of sulfonamides is 1. The summed E-state index contributed by atoms with van der Waals surface area (Å²) in [7, 11) is -0.651. The molecule has 2 heterocycles. The first-order valence-electron chi connectivity index (χ1n) is 8.48. The van der Waals surface area contributed by atoms with Gasteiger partial charge in [0.1, 0.15) is 0 Å². The number of aryl methyl sites for hydroxylation is 1. The Morgan fingerprint density at radius 1 is 1.18 bits per heavy atom. The third-order valence-electron chi connectivity index (χ3n) is 4.22. The van der Waals surface area contributed by atoms with Gasteiger partial charge in [0.25, 0.3) is 10.0 Å². The quantitative estimate of drug-likeness (QED) is 0.667. The van der Waals surface area contributed by atoms with E-state index in [-0.39, 0.29) is 16.5 Å². The third-order valence-corrected chi connectivity index (χ3v) is 7.48. The smallest absolute Gasteiger partial charge is 0.251 e. The lowest BCUT2D eigenvalue weighted by Crippen LogP contribution is -2.27. The lowest BCUT2D eigenvalue weighted by molar-refractivity contribution is -0.117. The average molecular weight is 417 g/mol. The van der Waals surface area contributed by atoms with E-state index in [9.17, 15) is 13.2 Å². The molecule has 0 fully saturated rings. The number of carbonyl (C=O) groups excluding carboxylic acids is 1. The maximum atomic E-state index is 12.6. The summed E-state index contributed by atoms with van der Waals surface area (Å²) in [4.78, 5) is 22.4. The largest absolute Gasteiger partial charge is 0.291 e. The fraction of sp³-hybridized carbons (Fsp3) is 0.211. The van der Waals surface area contributed by atoms with E-state index in [1.165, 1.54) is 11.9 Å². The van der Waals surface area contributed by atoms with E-state index in [1.54, 1.807) is 26.4 Å². The molecule has 0 aliphatic rings. The molecule has 0 aliphatic heterocycles. The Bertz CT molecular complexity index is 1080. The van der Waals surface area contributed by atoms with Crippen LogP contribution in [0.15, 0.2) is 53.0 Å². The maximum absolute atomic E-state index is 12.6. The molecule has 9 heteroatoms. The molecule has 3 aromatic rings. The monoisotopic (exact) mass is 416 g/mol. The highest BCUT2D eigenvalue weighted by Crippen LogP contribution is 2.29. The number of amides is 1. The molecule has 0 bridgehead atoms. The van der Waals surface area contributed by atoms with E-state index in [2.05, 4.69) is 14.7 Å². The number of anilines is 1. The van der Waals surface area contributed by atoms with Crippen molar-refractivity contribution in [2.45, 2.75) is 17.6 Å². The van der Waals surface area contributed by atoms with Crippen molar-refractivity contribution < 1.29 is 13.2 Å². The number of nitrogens with zero attached hydrogens (tertiary/aromatic N) is 3. The van der Waals surface area contributed by atoms with Gasteiger partial charge in [0.2, 0.25) is 5.91 Å². The second kappa shape index (κ2) is 8.17. The van der Waals surface area contributed by atoms with Crippen LogP contribution in [0.2, 0.25) is 0 Å². The van der Waals surface area contributed by atoms with Crippen molar-refractivity contribution in [1.82, 2.24) is 14.7 Å². The Labute approximate surface area is 168 Å². The van der Waals surface area contributed by atoms with Gasteiger partial charge in [-0.05, 0) is 36.7 Å². The van der Waals surface area contributed by atoms with Crippen LogP contribution in [0, 0.1) is 6.92 Å². The van der Waals surface area contributed by atoms with Crippen molar-refractivity contribution in [2.75, 3.05) is 19.0 Å². The first-order valence-corrected chi connectivity index (χ1v) is 10.8. The van der Waals surface area contributed by atoms with Gasteiger partial charge in [0.05, 0.1) is 12.1 Å². The summed E-state index contributed by atoms with van der Waals surface area (Å²) in [5, 5.41) is 0.350. The fourth-order valence-corrected chi connectivity index (χ4v) is 4.92. The minimum atomic E-state index is -3.59. The number of pyridine rings is 1. The zero-order valence-electron chi connectivity index (χ0n) is 15.7. The van der Waals surface area contributed by atoms with Crippen LogP contribution in [-0.2, 0) is 21.2 Å². The molecule has 1 N–H and O–H groups in total. The zero-order chi connectivity index (χ0) is 20.3. The highest BCUT2D eigenvalue weighted by molar-refractivity contribution is 7.91. The number of aromatic nitrogens is 2. The second-order valence-electron chi connectivity index (χ2n) is 6.15. The molecule has 0 saturated heterocycles. The summed E-state index contributed by atoms with van der Waals surface area (Å²) in [6, 6.07) is 11.6. The van der Waals surface area contributed by atoms with Crippen LogP contribution in [0.5, 0.6) is 0 Å². The molecule has 0 unspecified atom stereocenters. The summed E-state index contributed by atoms with van der Waals surface area (Å²) in [6.45, 7) is 1.61. The van der Waals surface area contributed by atoms with E-state index in [4.69, 9.17) is 0 Å². The SMILES string of the molecule is CNS(=O)(=O)c1sc(N(C)C(=O)Cc2ccc(-c3cccnc3)cc2)nc1C. The molecule has 0 atom stereocenters. The molecule has 146 valence electrons. The number of thiazole rings is 1. The molecular formula is C19H20N4O3S2. The van der Waals surface area contributed by atoms with Crippen molar-refractivity contribution in [3.63, 3.8) is 0 Å². The first-order chi connectivity index (χ1) is 13.3. The Morgan fingerprint density at radius 3 is 2.50 bits per heavy atom. The van der Waals surface area contributed by atoms with Crippen LogP contribution >= 0.6 is 11.3 Å². The van der Waals surface area contributed by atoms with E-state index in [0.717, 1.165) is 28.0 Å². The van der Waals surface area contributed by atoms with Gasteiger partial charge in [-0.15, -0.1) is 0 Å². The summed E-state index contributed by atoms with van der Waals surface area (Å²) in [6.07, 6.45) is 3.70. The molecule has 3 rings (SSSR count).